The van der Waals surface area contributed by atoms with E-state index in [4.69, 9.17) is 0 Å². The predicted molar refractivity (Wildman–Crippen MR) is 88.9 cm³/mol. The second-order valence-electron chi connectivity index (χ2n) is 6.04. The van der Waals surface area contributed by atoms with E-state index in [0.29, 0.717) is 39.0 Å². The molecule has 2 aliphatic heterocycles. The molecule has 0 amide bonds. The Morgan fingerprint density at radius 2 is 1.88 bits per heavy atom. The van der Waals surface area contributed by atoms with Gasteiger partial charge in [-0.05, 0) is 31.4 Å². The lowest BCUT2D eigenvalue weighted by molar-refractivity contribution is -0.142. The molecule has 2 saturated heterocycles. The van der Waals surface area contributed by atoms with Crippen molar-refractivity contribution in [3.8, 4) is 0 Å². The van der Waals surface area contributed by atoms with E-state index in [1.807, 2.05) is 23.1 Å². The molecule has 0 saturated carbocycles. The highest BCUT2D eigenvalue weighted by atomic mass is 32.2. The van der Waals surface area contributed by atoms with Crippen LogP contribution in [0.4, 0.5) is 5.82 Å². The van der Waals surface area contributed by atoms with Crippen molar-refractivity contribution in [1.29, 1.82) is 0 Å². The molecule has 0 spiro atoms. The Kier molecular flexibility index (Phi) is 5.02. The summed E-state index contributed by atoms with van der Waals surface area (Å²) in [6.07, 6.45) is 3.54. The monoisotopic (exact) mass is 354 g/mol. The van der Waals surface area contributed by atoms with E-state index in [9.17, 15) is 18.3 Å². The van der Waals surface area contributed by atoms with Crippen LogP contribution in [-0.2, 0) is 15.0 Å². The van der Waals surface area contributed by atoms with Gasteiger partial charge in [0, 0.05) is 38.9 Å². The van der Waals surface area contributed by atoms with Crippen molar-refractivity contribution in [3.05, 3.63) is 24.4 Å². The summed E-state index contributed by atoms with van der Waals surface area (Å²) >= 11 is 0. The molecule has 3 rings (SSSR count). The third kappa shape index (κ3) is 3.38. The first kappa shape index (κ1) is 17.1. The molecule has 1 aromatic heterocycles. The Bertz CT molecular complexity index is 674. The fourth-order valence-corrected chi connectivity index (χ4v) is 5.06. The number of carbonyl (C=O) groups is 1. The van der Waals surface area contributed by atoms with Crippen LogP contribution < -0.4 is 4.90 Å². The highest BCUT2D eigenvalue weighted by Crippen LogP contribution is 2.24. The van der Waals surface area contributed by atoms with E-state index < -0.39 is 22.2 Å². The zero-order valence-corrected chi connectivity index (χ0v) is 14.2. The van der Waals surface area contributed by atoms with Crippen LogP contribution in [0, 0.1) is 0 Å². The molecule has 1 atom stereocenters. The summed E-state index contributed by atoms with van der Waals surface area (Å²) in [6, 6.07) is 4.69. The van der Waals surface area contributed by atoms with Crippen molar-refractivity contribution in [1.82, 2.24) is 13.6 Å². The van der Waals surface area contributed by atoms with E-state index in [1.165, 1.54) is 4.31 Å². The summed E-state index contributed by atoms with van der Waals surface area (Å²) in [5.74, 6) is -0.235. The standard InChI is InChI=1S/C15H22N4O4S/c20-15(21)13-5-2-4-8-19(13)24(22,23)18-11-9-17(10-12-18)14-6-1-3-7-16-14/h1,3,6-7,13H,2,4-5,8-12H2,(H,20,21)/t13-/m1/s1. The van der Waals surface area contributed by atoms with Crippen LogP contribution in [0.25, 0.3) is 0 Å². The van der Waals surface area contributed by atoms with Gasteiger partial charge in [-0.2, -0.15) is 17.0 Å². The number of hydrogen-bond donors (Lipinski definition) is 1. The number of nitrogens with zero attached hydrogens (tertiary/aromatic N) is 4. The molecule has 2 aliphatic rings. The molecule has 1 aromatic rings. The van der Waals surface area contributed by atoms with Crippen molar-refractivity contribution >= 4 is 22.0 Å². The molecule has 2 fully saturated rings. The van der Waals surface area contributed by atoms with Crippen molar-refractivity contribution in [3.63, 3.8) is 0 Å². The smallest absolute Gasteiger partial charge is 0.322 e. The van der Waals surface area contributed by atoms with Gasteiger partial charge in [-0.25, -0.2) is 4.98 Å². The van der Waals surface area contributed by atoms with Gasteiger partial charge in [-0.3, -0.25) is 4.79 Å². The molecular formula is C15H22N4O4S. The molecule has 0 bridgehead atoms. The molecule has 1 N–H and O–H groups in total. The summed E-state index contributed by atoms with van der Waals surface area (Å²) in [7, 11) is -3.75. The van der Waals surface area contributed by atoms with Crippen molar-refractivity contribution in [2.45, 2.75) is 25.3 Å². The Morgan fingerprint density at radius 1 is 1.12 bits per heavy atom. The molecule has 24 heavy (non-hydrogen) atoms. The zero-order valence-electron chi connectivity index (χ0n) is 13.4. The van der Waals surface area contributed by atoms with Crippen LogP contribution in [-0.4, -0.2) is 71.9 Å². The van der Waals surface area contributed by atoms with Gasteiger partial charge >= 0.3 is 5.97 Å². The van der Waals surface area contributed by atoms with E-state index >= 15 is 0 Å². The average molecular weight is 354 g/mol. The highest BCUT2D eigenvalue weighted by molar-refractivity contribution is 7.86. The fourth-order valence-electron chi connectivity index (χ4n) is 3.27. The molecule has 8 nitrogen and oxygen atoms in total. The maximum Gasteiger partial charge on any atom is 0.322 e. The second-order valence-corrected chi connectivity index (χ2v) is 7.92. The number of piperazine rings is 1. The Hall–Kier alpha value is -1.71. The Morgan fingerprint density at radius 3 is 2.50 bits per heavy atom. The minimum absolute atomic E-state index is 0.278. The molecule has 0 aromatic carbocycles. The minimum Gasteiger partial charge on any atom is -0.480 e. The lowest BCUT2D eigenvalue weighted by Crippen LogP contribution is -2.57. The number of piperidine rings is 1. The highest BCUT2D eigenvalue weighted by Gasteiger charge is 2.40. The zero-order chi connectivity index (χ0) is 17.2. The number of pyridine rings is 1. The van der Waals surface area contributed by atoms with Crippen molar-refractivity contribution in [2.75, 3.05) is 37.6 Å². The van der Waals surface area contributed by atoms with Gasteiger partial charge < -0.3 is 10.0 Å². The summed E-state index contributed by atoms with van der Waals surface area (Å²) < 4.78 is 28.3. The predicted octanol–water partition coefficient (Wildman–Crippen LogP) is 0.387. The van der Waals surface area contributed by atoms with E-state index in [1.54, 1.807) is 6.20 Å². The molecule has 0 radical (unpaired) electrons. The van der Waals surface area contributed by atoms with E-state index in [-0.39, 0.29) is 6.54 Å². The van der Waals surface area contributed by atoms with Gasteiger partial charge in [0.2, 0.25) is 0 Å². The van der Waals surface area contributed by atoms with Gasteiger partial charge in [0.05, 0.1) is 0 Å². The molecular weight excluding hydrogens is 332 g/mol. The number of aliphatic carboxylic acids is 1. The lowest BCUT2D eigenvalue weighted by Gasteiger charge is -2.39. The average Bonchev–Trinajstić information content (AvgIpc) is 2.62. The molecule has 132 valence electrons. The van der Waals surface area contributed by atoms with Crippen LogP contribution in [0.2, 0.25) is 0 Å². The maximum absolute atomic E-state index is 12.9. The van der Waals surface area contributed by atoms with Crippen molar-refractivity contribution < 1.29 is 18.3 Å². The number of carboxylic acid groups (broad SMARTS) is 1. The van der Waals surface area contributed by atoms with Crippen LogP contribution in [0.1, 0.15) is 19.3 Å². The molecule has 9 heteroatoms. The number of aromatic nitrogens is 1. The normalized spacial score (nSPS) is 24.0. The first-order valence-corrected chi connectivity index (χ1v) is 9.55. The quantitative estimate of drug-likeness (QED) is 0.840. The number of rotatable bonds is 4. The largest absolute Gasteiger partial charge is 0.480 e. The van der Waals surface area contributed by atoms with Crippen LogP contribution >= 0.6 is 0 Å². The third-order valence-corrected chi connectivity index (χ3v) is 6.62. The van der Waals surface area contributed by atoms with Gasteiger partial charge in [-0.1, -0.05) is 6.07 Å². The third-order valence-electron chi connectivity index (χ3n) is 4.57. The number of hydrogen-bond acceptors (Lipinski definition) is 5. The first-order chi connectivity index (χ1) is 11.5. The summed E-state index contributed by atoms with van der Waals surface area (Å²) in [5.41, 5.74) is 0. The lowest BCUT2D eigenvalue weighted by atomic mass is 10.1. The maximum atomic E-state index is 12.9. The number of carboxylic acids is 1. The second kappa shape index (κ2) is 7.04. The minimum atomic E-state index is -3.75. The van der Waals surface area contributed by atoms with E-state index in [2.05, 4.69) is 4.98 Å². The van der Waals surface area contributed by atoms with Crippen LogP contribution in [0.3, 0.4) is 0 Å². The van der Waals surface area contributed by atoms with Gasteiger partial charge in [0.15, 0.2) is 0 Å². The van der Waals surface area contributed by atoms with Crippen molar-refractivity contribution in [2.24, 2.45) is 0 Å². The Labute approximate surface area is 141 Å². The summed E-state index contributed by atoms with van der Waals surface area (Å²) in [4.78, 5) is 17.7. The van der Waals surface area contributed by atoms with Crippen LogP contribution in [0.5, 0.6) is 0 Å². The summed E-state index contributed by atoms with van der Waals surface area (Å²) in [5, 5.41) is 9.32. The SMILES string of the molecule is O=C(O)[C@H]1CCCCN1S(=O)(=O)N1CCN(c2ccccn2)CC1. The van der Waals surface area contributed by atoms with Gasteiger partial charge in [0.25, 0.3) is 10.2 Å². The first-order valence-electron chi connectivity index (χ1n) is 8.16. The molecule has 0 unspecified atom stereocenters. The van der Waals surface area contributed by atoms with Gasteiger partial charge in [0.1, 0.15) is 11.9 Å². The number of anilines is 1. The molecule has 0 aliphatic carbocycles. The van der Waals surface area contributed by atoms with E-state index in [0.717, 1.165) is 16.5 Å². The summed E-state index contributed by atoms with van der Waals surface area (Å²) in [6.45, 7) is 2.03. The Balaban J connectivity index is 1.69. The topological polar surface area (TPSA) is 94.0 Å². The van der Waals surface area contributed by atoms with Gasteiger partial charge in [-0.15, -0.1) is 0 Å². The van der Waals surface area contributed by atoms with Crippen LogP contribution in [0.15, 0.2) is 24.4 Å². The molecule has 3 heterocycles. The fraction of sp³-hybridized carbons (Fsp3) is 0.600.